The lowest BCUT2D eigenvalue weighted by Crippen LogP contribution is -2.05. The van der Waals surface area contributed by atoms with Gasteiger partial charge in [-0.05, 0) is 31.0 Å². The van der Waals surface area contributed by atoms with Gasteiger partial charge in [0.15, 0.2) is 5.82 Å². The molecule has 0 aliphatic heterocycles. The molecule has 0 radical (unpaired) electrons. The maximum absolute atomic E-state index is 4.65. The van der Waals surface area contributed by atoms with Crippen molar-refractivity contribution in [2.24, 2.45) is 0 Å². The molecule has 0 saturated carbocycles. The lowest BCUT2D eigenvalue weighted by molar-refractivity contribution is 0.776. The van der Waals surface area contributed by atoms with Gasteiger partial charge in [0.2, 0.25) is 0 Å². The van der Waals surface area contributed by atoms with Gasteiger partial charge < -0.3 is 0 Å². The summed E-state index contributed by atoms with van der Waals surface area (Å²) in [6.45, 7) is 4.25. The number of benzene rings is 1. The normalized spacial score (nSPS) is 11.1. The Morgan fingerprint density at radius 2 is 1.89 bits per heavy atom. The number of para-hydroxylation sites is 1. The molecule has 4 heteroatoms. The van der Waals surface area contributed by atoms with Crippen LogP contribution in [0.3, 0.4) is 0 Å². The summed E-state index contributed by atoms with van der Waals surface area (Å²) in [6.07, 6.45) is 3.47. The number of hydrogen-bond acceptors (Lipinski definition) is 3. The molecule has 96 valence electrons. The molecule has 0 amide bonds. The molecule has 3 rings (SSSR count). The zero-order valence-corrected chi connectivity index (χ0v) is 11.2. The molecule has 19 heavy (non-hydrogen) atoms. The van der Waals surface area contributed by atoms with E-state index in [1.54, 1.807) is 6.33 Å². The second-order valence-corrected chi connectivity index (χ2v) is 4.46. The Labute approximate surface area is 112 Å². The molecule has 3 aromatic rings. The summed E-state index contributed by atoms with van der Waals surface area (Å²) in [6, 6.07) is 10.2. The minimum atomic E-state index is 0.863. The highest BCUT2D eigenvalue weighted by atomic mass is 15.3. The largest absolute Gasteiger partial charge is 0.236 e. The second-order valence-electron chi connectivity index (χ2n) is 4.46. The van der Waals surface area contributed by atoms with E-state index >= 15 is 0 Å². The topological polar surface area (TPSA) is 43.6 Å². The molecular weight excluding hydrogens is 236 g/mol. The van der Waals surface area contributed by atoms with Crippen LogP contribution in [-0.2, 0) is 12.8 Å². The smallest absolute Gasteiger partial charge is 0.164 e. The van der Waals surface area contributed by atoms with Gasteiger partial charge in [-0.1, -0.05) is 26.0 Å². The number of nitrogens with zero attached hydrogens (tertiary/aromatic N) is 4. The van der Waals surface area contributed by atoms with E-state index in [1.165, 1.54) is 5.69 Å². The minimum Gasteiger partial charge on any atom is -0.236 e. The molecule has 0 atom stereocenters. The van der Waals surface area contributed by atoms with Crippen LogP contribution in [0.2, 0.25) is 0 Å². The Bertz CT molecular complexity index is 710. The third kappa shape index (κ3) is 1.99. The van der Waals surface area contributed by atoms with E-state index in [2.05, 4.69) is 35.0 Å². The fourth-order valence-electron chi connectivity index (χ4n) is 2.24. The summed E-state index contributed by atoms with van der Waals surface area (Å²) in [4.78, 5) is 8.72. The first kappa shape index (κ1) is 11.8. The summed E-state index contributed by atoms with van der Waals surface area (Å²) in [5, 5.41) is 5.68. The van der Waals surface area contributed by atoms with E-state index in [0.717, 1.165) is 35.3 Å². The maximum Gasteiger partial charge on any atom is 0.164 e. The highest BCUT2D eigenvalue weighted by molar-refractivity contribution is 5.84. The lowest BCUT2D eigenvalue weighted by Gasteiger charge is -2.07. The monoisotopic (exact) mass is 252 g/mol. The minimum absolute atomic E-state index is 0.863. The molecule has 2 heterocycles. The van der Waals surface area contributed by atoms with Crippen molar-refractivity contribution >= 4 is 10.9 Å². The lowest BCUT2D eigenvalue weighted by atomic mass is 10.2. The molecule has 4 nitrogen and oxygen atoms in total. The van der Waals surface area contributed by atoms with Crippen molar-refractivity contribution in [3.8, 4) is 5.82 Å². The summed E-state index contributed by atoms with van der Waals surface area (Å²) >= 11 is 0. The van der Waals surface area contributed by atoms with Gasteiger partial charge in [-0.15, -0.1) is 0 Å². The summed E-state index contributed by atoms with van der Waals surface area (Å²) in [5.41, 5.74) is 3.23. The van der Waals surface area contributed by atoms with Crippen molar-refractivity contribution in [3.63, 3.8) is 0 Å². The predicted octanol–water partition coefficient (Wildman–Crippen LogP) is 2.94. The zero-order valence-electron chi connectivity index (χ0n) is 11.2. The maximum atomic E-state index is 4.65. The Balaban J connectivity index is 2.27. The fraction of sp³-hybridized carbons (Fsp3) is 0.267. The van der Waals surface area contributed by atoms with Crippen molar-refractivity contribution in [1.29, 1.82) is 0 Å². The Morgan fingerprint density at radius 1 is 1.05 bits per heavy atom. The third-order valence-electron chi connectivity index (χ3n) is 3.28. The first-order chi connectivity index (χ1) is 9.33. The van der Waals surface area contributed by atoms with Crippen LogP contribution in [0, 0.1) is 0 Å². The molecule has 0 bridgehead atoms. The SMILES string of the molecule is CCc1cc(CC)n(-c2ncnc3ccccc23)n1. The van der Waals surface area contributed by atoms with E-state index in [4.69, 9.17) is 0 Å². The summed E-state index contributed by atoms with van der Waals surface area (Å²) in [7, 11) is 0. The molecule has 0 unspecified atom stereocenters. The summed E-state index contributed by atoms with van der Waals surface area (Å²) in [5.74, 6) is 0.863. The van der Waals surface area contributed by atoms with Gasteiger partial charge in [-0.3, -0.25) is 0 Å². The average molecular weight is 252 g/mol. The van der Waals surface area contributed by atoms with Crippen molar-refractivity contribution < 1.29 is 0 Å². The zero-order chi connectivity index (χ0) is 13.2. The second kappa shape index (κ2) is 4.80. The number of fused-ring (bicyclic) bond motifs is 1. The Kier molecular flexibility index (Phi) is 2.99. The van der Waals surface area contributed by atoms with Crippen LogP contribution in [0.15, 0.2) is 36.7 Å². The van der Waals surface area contributed by atoms with Gasteiger partial charge >= 0.3 is 0 Å². The highest BCUT2D eigenvalue weighted by Crippen LogP contribution is 2.20. The van der Waals surface area contributed by atoms with Crippen LogP contribution < -0.4 is 0 Å². The van der Waals surface area contributed by atoms with Crippen LogP contribution >= 0.6 is 0 Å². The van der Waals surface area contributed by atoms with Gasteiger partial charge in [0.05, 0.1) is 11.2 Å². The first-order valence-electron chi connectivity index (χ1n) is 6.61. The molecule has 1 aromatic carbocycles. The molecule has 2 aromatic heterocycles. The molecule has 0 N–H and O–H groups in total. The van der Waals surface area contributed by atoms with Crippen LogP contribution in [-0.4, -0.2) is 19.7 Å². The quantitative estimate of drug-likeness (QED) is 0.719. The van der Waals surface area contributed by atoms with E-state index in [9.17, 15) is 0 Å². The van der Waals surface area contributed by atoms with Gasteiger partial charge in [-0.25, -0.2) is 14.6 Å². The Morgan fingerprint density at radius 3 is 2.68 bits per heavy atom. The number of hydrogen-bond donors (Lipinski definition) is 0. The summed E-state index contributed by atoms with van der Waals surface area (Å²) < 4.78 is 1.95. The van der Waals surface area contributed by atoms with Crippen molar-refractivity contribution in [3.05, 3.63) is 48.0 Å². The number of aryl methyl sites for hydroxylation is 2. The molecular formula is C15H16N4. The Hall–Kier alpha value is -2.23. The van der Waals surface area contributed by atoms with Crippen LogP contribution in [0.4, 0.5) is 0 Å². The van der Waals surface area contributed by atoms with E-state index < -0.39 is 0 Å². The van der Waals surface area contributed by atoms with Crippen molar-refractivity contribution in [2.75, 3.05) is 0 Å². The number of aromatic nitrogens is 4. The molecule has 0 fully saturated rings. The van der Waals surface area contributed by atoms with Crippen LogP contribution in [0.5, 0.6) is 0 Å². The number of rotatable bonds is 3. The van der Waals surface area contributed by atoms with Gasteiger partial charge in [0, 0.05) is 11.1 Å². The van der Waals surface area contributed by atoms with Gasteiger partial charge in [0.25, 0.3) is 0 Å². The van der Waals surface area contributed by atoms with Gasteiger partial charge in [-0.2, -0.15) is 5.10 Å². The predicted molar refractivity (Wildman–Crippen MR) is 75.4 cm³/mol. The van der Waals surface area contributed by atoms with Crippen molar-refractivity contribution in [2.45, 2.75) is 26.7 Å². The van der Waals surface area contributed by atoms with Crippen LogP contribution in [0.1, 0.15) is 25.2 Å². The van der Waals surface area contributed by atoms with E-state index in [-0.39, 0.29) is 0 Å². The molecule has 0 spiro atoms. The average Bonchev–Trinajstić information content (AvgIpc) is 2.90. The first-order valence-corrected chi connectivity index (χ1v) is 6.61. The third-order valence-corrected chi connectivity index (χ3v) is 3.28. The van der Waals surface area contributed by atoms with Crippen LogP contribution in [0.25, 0.3) is 16.7 Å². The molecule has 0 aliphatic carbocycles. The van der Waals surface area contributed by atoms with Gasteiger partial charge in [0.1, 0.15) is 6.33 Å². The van der Waals surface area contributed by atoms with E-state index in [1.807, 2.05) is 28.9 Å². The van der Waals surface area contributed by atoms with Crippen molar-refractivity contribution in [1.82, 2.24) is 19.7 Å². The highest BCUT2D eigenvalue weighted by Gasteiger charge is 2.11. The molecule has 0 saturated heterocycles. The van der Waals surface area contributed by atoms with E-state index in [0.29, 0.717) is 0 Å². The standard InChI is InChI=1S/C15H16N4/c1-3-11-9-12(4-2)19(18-11)15-13-7-5-6-8-14(13)16-10-17-15/h5-10H,3-4H2,1-2H3. The fourth-order valence-corrected chi connectivity index (χ4v) is 2.24. The molecule has 0 aliphatic rings.